The number of halogens is 1. The van der Waals surface area contributed by atoms with Crippen LogP contribution < -0.4 is 0 Å². The normalized spacial score (nSPS) is 36.3. The van der Waals surface area contributed by atoms with Crippen molar-refractivity contribution in [2.24, 2.45) is 0 Å². The van der Waals surface area contributed by atoms with E-state index in [1.165, 1.54) is 36.5 Å². The van der Waals surface area contributed by atoms with Crippen LogP contribution in [-0.4, -0.2) is 16.1 Å². The Bertz CT molecular complexity index is 131. The molecule has 58 valence electrons. The van der Waals surface area contributed by atoms with Gasteiger partial charge in [-0.05, 0) is 32.1 Å². The Balaban J connectivity index is 1.92. The van der Waals surface area contributed by atoms with E-state index in [4.69, 9.17) is 4.74 Å². The lowest BCUT2D eigenvalue weighted by molar-refractivity contribution is -0.0831. The van der Waals surface area contributed by atoms with Gasteiger partial charge in [-0.2, -0.15) is 0 Å². The highest BCUT2D eigenvalue weighted by Gasteiger charge is 2.44. The maximum absolute atomic E-state index is 5.93. The fourth-order valence-electron chi connectivity index (χ4n) is 1.94. The largest absolute Gasteiger partial charge is 0.371 e. The quantitative estimate of drug-likeness (QED) is 0.514. The van der Waals surface area contributed by atoms with Gasteiger partial charge >= 0.3 is 0 Å². The first kappa shape index (κ1) is 7.35. The molecule has 0 amide bonds. The van der Waals surface area contributed by atoms with Gasteiger partial charge in [0.05, 0.1) is 11.7 Å². The van der Waals surface area contributed by atoms with Crippen LogP contribution in [0.5, 0.6) is 0 Å². The lowest BCUT2D eigenvalue weighted by atomic mass is 9.78. The molecule has 1 spiro atoms. The summed E-state index contributed by atoms with van der Waals surface area (Å²) >= 11 is 2.42. The second-order valence-corrected chi connectivity index (χ2v) is 4.35. The van der Waals surface area contributed by atoms with Crippen LogP contribution in [0.4, 0.5) is 0 Å². The highest BCUT2D eigenvalue weighted by atomic mass is 127. The van der Waals surface area contributed by atoms with E-state index in [-0.39, 0.29) is 0 Å². The minimum Gasteiger partial charge on any atom is -0.371 e. The molecule has 1 heterocycles. The van der Waals surface area contributed by atoms with Gasteiger partial charge in [-0.15, -0.1) is 0 Å². The van der Waals surface area contributed by atoms with E-state index < -0.39 is 0 Å². The Morgan fingerprint density at radius 1 is 1.40 bits per heavy atom. The van der Waals surface area contributed by atoms with Gasteiger partial charge in [0.15, 0.2) is 0 Å². The molecule has 0 aromatic heterocycles. The van der Waals surface area contributed by atoms with E-state index in [0.717, 1.165) is 0 Å². The number of hydrogen-bond acceptors (Lipinski definition) is 1. The first-order valence-electron chi connectivity index (χ1n) is 4.08. The summed E-state index contributed by atoms with van der Waals surface area (Å²) in [7, 11) is 0. The lowest BCUT2D eigenvalue weighted by Gasteiger charge is -2.37. The van der Waals surface area contributed by atoms with E-state index in [1.807, 2.05) is 0 Å². The fourth-order valence-corrected chi connectivity index (χ4v) is 2.56. The van der Waals surface area contributed by atoms with Crippen molar-refractivity contribution >= 4 is 22.6 Å². The van der Waals surface area contributed by atoms with Gasteiger partial charge in [0.25, 0.3) is 0 Å². The monoisotopic (exact) mass is 252 g/mol. The van der Waals surface area contributed by atoms with Crippen molar-refractivity contribution < 1.29 is 4.74 Å². The number of rotatable bonds is 1. The molecule has 0 aromatic rings. The molecule has 10 heavy (non-hydrogen) atoms. The molecule has 2 fully saturated rings. The number of hydrogen-bond donors (Lipinski definition) is 0. The van der Waals surface area contributed by atoms with E-state index >= 15 is 0 Å². The van der Waals surface area contributed by atoms with Crippen LogP contribution in [0, 0.1) is 0 Å². The zero-order chi connectivity index (χ0) is 7.03. The molecule has 1 aliphatic heterocycles. The van der Waals surface area contributed by atoms with Crippen LogP contribution in [0.2, 0.25) is 0 Å². The summed E-state index contributed by atoms with van der Waals surface area (Å²) in [5, 5.41) is 0. The minimum absolute atomic E-state index is 0.385. The smallest absolute Gasteiger partial charge is 0.0687 e. The van der Waals surface area contributed by atoms with Crippen LogP contribution in [0.1, 0.15) is 32.1 Å². The highest BCUT2D eigenvalue weighted by molar-refractivity contribution is 14.1. The molecule has 0 radical (unpaired) electrons. The Labute approximate surface area is 75.7 Å². The van der Waals surface area contributed by atoms with Gasteiger partial charge in [-0.25, -0.2) is 0 Å². The maximum atomic E-state index is 5.93. The van der Waals surface area contributed by atoms with Gasteiger partial charge in [-0.1, -0.05) is 22.6 Å². The second-order valence-electron chi connectivity index (χ2n) is 3.47. The van der Waals surface area contributed by atoms with Crippen molar-refractivity contribution in [2.75, 3.05) is 4.43 Å². The standard InChI is InChI=1S/C8H13IO/c9-6-7-2-5-8(10-7)3-1-4-8/h7H,1-6H2/t7-/m1/s1. The molecule has 2 rings (SSSR count). The van der Waals surface area contributed by atoms with E-state index in [9.17, 15) is 0 Å². The Morgan fingerprint density at radius 3 is 2.50 bits per heavy atom. The molecule has 2 heteroatoms. The van der Waals surface area contributed by atoms with Crippen molar-refractivity contribution in [2.45, 2.75) is 43.8 Å². The van der Waals surface area contributed by atoms with Crippen LogP contribution in [0.25, 0.3) is 0 Å². The lowest BCUT2D eigenvalue weighted by Crippen LogP contribution is -2.36. The summed E-state index contributed by atoms with van der Waals surface area (Å²) in [5.41, 5.74) is 0.385. The summed E-state index contributed by atoms with van der Waals surface area (Å²) < 4.78 is 7.11. The highest BCUT2D eigenvalue weighted by Crippen LogP contribution is 2.45. The molecule has 1 atom stereocenters. The summed E-state index contributed by atoms with van der Waals surface area (Å²) in [6.45, 7) is 0. The average molecular weight is 252 g/mol. The van der Waals surface area contributed by atoms with Crippen LogP contribution in [0.15, 0.2) is 0 Å². The SMILES string of the molecule is IC[C@H]1CCC2(CCC2)O1. The predicted molar refractivity (Wildman–Crippen MR) is 49.6 cm³/mol. The first-order valence-corrected chi connectivity index (χ1v) is 5.61. The van der Waals surface area contributed by atoms with Gasteiger partial charge < -0.3 is 4.74 Å². The Hall–Kier alpha value is 0.690. The fraction of sp³-hybridized carbons (Fsp3) is 1.00. The number of ether oxygens (including phenoxy) is 1. The third-order valence-corrected chi connectivity index (χ3v) is 3.76. The summed E-state index contributed by atoms with van der Waals surface area (Å²) in [4.78, 5) is 0. The predicted octanol–water partition coefficient (Wildman–Crippen LogP) is 2.52. The van der Waals surface area contributed by atoms with Crippen molar-refractivity contribution in [3.05, 3.63) is 0 Å². The van der Waals surface area contributed by atoms with Gasteiger partial charge in [0.2, 0.25) is 0 Å². The molecule has 1 nitrogen and oxygen atoms in total. The molecular formula is C8H13IO. The van der Waals surface area contributed by atoms with Crippen molar-refractivity contribution in [3.63, 3.8) is 0 Å². The molecule has 1 saturated carbocycles. The Kier molecular flexibility index (Phi) is 1.93. The van der Waals surface area contributed by atoms with Crippen molar-refractivity contribution in [3.8, 4) is 0 Å². The zero-order valence-electron chi connectivity index (χ0n) is 6.11. The van der Waals surface area contributed by atoms with E-state index in [0.29, 0.717) is 11.7 Å². The molecule has 1 saturated heterocycles. The molecule has 2 aliphatic rings. The minimum atomic E-state index is 0.385. The van der Waals surface area contributed by atoms with Crippen LogP contribution in [0.3, 0.4) is 0 Å². The zero-order valence-corrected chi connectivity index (χ0v) is 8.26. The van der Waals surface area contributed by atoms with E-state index in [1.54, 1.807) is 0 Å². The van der Waals surface area contributed by atoms with Crippen molar-refractivity contribution in [1.82, 2.24) is 0 Å². The van der Waals surface area contributed by atoms with Crippen LogP contribution in [-0.2, 0) is 4.74 Å². The third-order valence-electron chi connectivity index (χ3n) is 2.78. The maximum Gasteiger partial charge on any atom is 0.0687 e. The summed E-state index contributed by atoms with van der Waals surface area (Å²) in [6, 6.07) is 0. The molecule has 0 unspecified atom stereocenters. The number of alkyl halides is 1. The Morgan fingerprint density at radius 2 is 2.20 bits per heavy atom. The topological polar surface area (TPSA) is 9.23 Å². The average Bonchev–Trinajstić information content (AvgIpc) is 2.29. The molecule has 0 bridgehead atoms. The second kappa shape index (κ2) is 2.63. The molecule has 0 aromatic carbocycles. The van der Waals surface area contributed by atoms with E-state index in [2.05, 4.69) is 22.6 Å². The third kappa shape index (κ3) is 1.09. The van der Waals surface area contributed by atoms with Crippen LogP contribution >= 0.6 is 22.6 Å². The first-order chi connectivity index (χ1) is 4.85. The van der Waals surface area contributed by atoms with Gasteiger partial charge in [0.1, 0.15) is 0 Å². The molecule has 1 aliphatic carbocycles. The van der Waals surface area contributed by atoms with Gasteiger partial charge in [0, 0.05) is 4.43 Å². The molecular weight excluding hydrogens is 239 g/mol. The summed E-state index contributed by atoms with van der Waals surface area (Å²) in [5.74, 6) is 0. The summed E-state index contributed by atoms with van der Waals surface area (Å²) in [6.07, 6.45) is 7.29. The van der Waals surface area contributed by atoms with Gasteiger partial charge in [-0.3, -0.25) is 0 Å². The molecule has 0 N–H and O–H groups in total. The van der Waals surface area contributed by atoms with Crippen molar-refractivity contribution in [1.29, 1.82) is 0 Å².